The molecule has 1 N–H and O–H groups in total. The minimum absolute atomic E-state index is 0.125. The van der Waals surface area contributed by atoms with Crippen LogP contribution in [-0.2, 0) is 9.53 Å². The highest BCUT2D eigenvalue weighted by Crippen LogP contribution is 2.36. The summed E-state index contributed by atoms with van der Waals surface area (Å²) >= 11 is 0. The summed E-state index contributed by atoms with van der Waals surface area (Å²) in [6.07, 6.45) is 5.87. The predicted octanol–water partition coefficient (Wildman–Crippen LogP) is 4.31. The fourth-order valence-corrected chi connectivity index (χ4v) is 3.27. The van der Waals surface area contributed by atoms with Crippen LogP contribution in [0.2, 0.25) is 0 Å². The van der Waals surface area contributed by atoms with Gasteiger partial charge in [0.1, 0.15) is 5.54 Å². The van der Waals surface area contributed by atoms with E-state index >= 15 is 0 Å². The largest absolute Gasteiger partial charge is 0.464 e. The van der Waals surface area contributed by atoms with Crippen LogP contribution in [0, 0.1) is 12.8 Å². The zero-order valence-corrected chi connectivity index (χ0v) is 13.4. The first-order valence-corrected chi connectivity index (χ1v) is 8.09. The van der Waals surface area contributed by atoms with Crippen molar-refractivity contribution in [1.29, 1.82) is 0 Å². The van der Waals surface area contributed by atoms with Gasteiger partial charge >= 0.3 is 5.97 Å². The number of carbonyl (C=O) groups excluding carboxylic acids is 1. The Kier molecular flexibility index (Phi) is 5.27. The van der Waals surface area contributed by atoms with Gasteiger partial charge in [-0.2, -0.15) is 0 Å². The van der Waals surface area contributed by atoms with Crippen molar-refractivity contribution in [3.05, 3.63) is 29.8 Å². The standard InChI is InChI=1S/C18H27NO2/c1-4-21-17(20)18(3,15-11-6-5-7-12-15)19-16-13-9-8-10-14(16)2/h8-10,13,15,19H,4-7,11-12H2,1-3H3. The van der Waals surface area contributed by atoms with Crippen LogP contribution in [0.1, 0.15) is 51.5 Å². The van der Waals surface area contributed by atoms with Crippen molar-refractivity contribution in [2.75, 3.05) is 11.9 Å². The molecular weight excluding hydrogens is 262 g/mol. The summed E-state index contributed by atoms with van der Waals surface area (Å²) < 4.78 is 5.37. The smallest absolute Gasteiger partial charge is 0.331 e. The summed E-state index contributed by atoms with van der Waals surface area (Å²) in [5.41, 5.74) is 1.55. The molecule has 1 aliphatic rings. The van der Waals surface area contributed by atoms with Gasteiger partial charge in [-0.25, -0.2) is 4.79 Å². The number of anilines is 1. The number of ether oxygens (including phenoxy) is 1. The number of hydrogen-bond acceptors (Lipinski definition) is 3. The van der Waals surface area contributed by atoms with Gasteiger partial charge in [0.25, 0.3) is 0 Å². The van der Waals surface area contributed by atoms with E-state index in [9.17, 15) is 4.79 Å². The average Bonchev–Trinajstić information content (AvgIpc) is 2.50. The molecule has 0 amide bonds. The van der Waals surface area contributed by atoms with E-state index in [1.54, 1.807) is 0 Å². The first-order chi connectivity index (χ1) is 10.1. The van der Waals surface area contributed by atoms with E-state index < -0.39 is 5.54 Å². The maximum Gasteiger partial charge on any atom is 0.331 e. The normalized spacial score (nSPS) is 18.8. The molecule has 1 saturated carbocycles. The topological polar surface area (TPSA) is 38.3 Å². The molecule has 0 spiro atoms. The molecule has 1 atom stereocenters. The van der Waals surface area contributed by atoms with Crippen LogP contribution in [0.5, 0.6) is 0 Å². The van der Waals surface area contributed by atoms with Crippen LogP contribution in [0.25, 0.3) is 0 Å². The molecule has 0 aliphatic heterocycles. The molecule has 3 nitrogen and oxygen atoms in total. The zero-order chi connectivity index (χ0) is 15.3. The van der Waals surface area contributed by atoms with Gasteiger partial charge in [0.2, 0.25) is 0 Å². The highest BCUT2D eigenvalue weighted by molar-refractivity contribution is 5.85. The minimum Gasteiger partial charge on any atom is -0.464 e. The van der Waals surface area contributed by atoms with Gasteiger partial charge in [-0.05, 0) is 51.2 Å². The van der Waals surface area contributed by atoms with Gasteiger partial charge in [-0.3, -0.25) is 0 Å². The Labute approximate surface area is 128 Å². The second kappa shape index (κ2) is 6.97. The summed E-state index contributed by atoms with van der Waals surface area (Å²) in [5.74, 6) is 0.213. The summed E-state index contributed by atoms with van der Waals surface area (Å²) in [6, 6.07) is 8.12. The maximum atomic E-state index is 12.6. The fourth-order valence-electron chi connectivity index (χ4n) is 3.27. The second-order valence-corrected chi connectivity index (χ2v) is 6.20. The van der Waals surface area contributed by atoms with E-state index in [-0.39, 0.29) is 5.97 Å². The lowest BCUT2D eigenvalue weighted by Gasteiger charge is -2.39. The number of esters is 1. The lowest BCUT2D eigenvalue weighted by atomic mass is 9.75. The van der Waals surface area contributed by atoms with Crippen molar-refractivity contribution < 1.29 is 9.53 Å². The highest BCUT2D eigenvalue weighted by Gasteiger charge is 2.43. The molecule has 1 fully saturated rings. The van der Waals surface area contributed by atoms with Gasteiger partial charge in [0.05, 0.1) is 6.61 Å². The summed E-state index contributed by atoms with van der Waals surface area (Å²) in [6.45, 7) is 6.37. The molecular formula is C18H27NO2. The SMILES string of the molecule is CCOC(=O)C(C)(Nc1ccccc1C)C1CCCCC1. The third-order valence-electron chi connectivity index (χ3n) is 4.66. The Morgan fingerprint density at radius 2 is 1.95 bits per heavy atom. The first-order valence-electron chi connectivity index (χ1n) is 8.09. The van der Waals surface area contributed by atoms with E-state index in [1.807, 2.05) is 32.0 Å². The average molecular weight is 289 g/mol. The summed E-state index contributed by atoms with van der Waals surface area (Å²) in [5, 5.41) is 3.50. The van der Waals surface area contributed by atoms with Crippen molar-refractivity contribution in [3.63, 3.8) is 0 Å². The number of aryl methyl sites for hydroxylation is 1. The minimum atomic E-state index is -0.636. The summed E-state index contributed by atoms with van der Waals surface area (Å²) in [4.78, 5) is 12.6. The number of hydrogen-bond donors (Lipinski definition) is 1. The second-order valence-electron chi connectivity index (χ2n) is 6.20. The molecule has 0 aromatic heterocycles. The van der Waals surface area contributed by atoms with E-state index in [1.165, 1.54) is 19.3 Å². The number of para-hydroxylation sites is 1. The monoisotopic (exact) mass is 289 g/mol. The third-order valence-corrected chi connectivity index (χ3v) is 4.66. The molecule has 116 valence electrons. The summed E-state index contributed by atoms with van der Waals surface area (Å²) in [7, 11) is 0. The van der Waals surface area contributed by atoms with Gasteiger partial charge in [-0.15, -0.1) is 0 Å². The molecule has 0 radical (unpaired) electrons. The van der Waals surface area contributed by atoms with Crippen LogP contribution in [0.15, 0.2) is 24.3 Å². The number of rotatable bonds is 5. The number of carbonyl (C=O) groups is 1. The molecule has 1 aromatic carbocycles. The lowest BCUT2D eigenvalue weighted by Crippen LogP contribution is -2.51. The molecule has 0 bridgehead atoms. The van der Waals surface area contributed by atoms with Crippen LogP contribution in [-0.4, -0.2) is 18.1 Å². The van der Waals surface area contributed by atoms with Gasteiger partial charge in [-0.1, -0.05) is 37.5 Å². The predicted molar refractivity (Wildman–Crippen MR) is 86.4 cm³/mol. The van der Waals surface area contributed by atoms with Crippen LogP contribution in [0.4, 0.5) is 5.69 Å². The van der Waals surface area contributed by atoms with E-state index in [4.69, 9.17) is 4.74 Å². The number of benzene rings is 1. The molecule has 1 aromatic rings. The highest BCUT2D eigenvalue weighted by atomic mass is 16.5. The van der Waals surface area contributed by atoms with Crippen LogP contribution >= 0.6 is 0 Å². The number of nitrogens with one attached hydrogen (secondary N) is 1. The molecule has 1 aliphatic carbocycles. The Bertz CT molecular complexity index is 480. The first kappa shape index (κ1) is 15.9. The fraction of sp³-hybridized carbons (Fsp3) is 0.611. The molecule has 21 heavy (non-hydrogen) atoms. The van der Waals surface area contributed by atoms with Crippen molar-refractivity contribution >= 4 is 11.7 Å². The van der Waals surface area contributed by atoms with E-state index in [2.05, 4.69) is 18.3 Å². The zero-order valence-electron chi connectivity index (χ0n) is 13.4. The third kappa shape index (κ3) is 3.58. The quantitative estimate of drug-likeness (QED) is 0.821. The van der Waals surface area contributed by atoms with Crippen molar-refractivity contribution in [2.45, 2.75) is 58.4 Å². The Balaban J connectivity index is 2.26. The van der Waals surface area contributed by atoms with Crippen molar-refractivity contribution in [1.82, 2.24) is 0 Å². The Morgan fingerprint density at radius 3 is 2.57 bits per heavy atom. The molecule has 2 rings (SSSR count). The maximum absolute atomic E-state index is 12.6. The molecule has 3 heteroatoms. The molecule has 1 unspecified atom stereocenters. The lowest BCUT2D eigenvalue weighted by molar-refractivity contribution is -0.150. The molecule has 0 saturated heterocycles. The Hall–Kier alpha value is -1.51. The Morgan fingerprint density at radius 1 is 1.29 bits per heavy atom. The van der Waals surface area contributed by atoms with E-state index in [0.29, 0.717) is 12.5 Å². The van der Waals surface area contributed by atoms with Gasteiger partial charge < -0.3 is 10.1 Å². The van der Waals surface area contributed by atoms with Gasteiger partial charge in [0, 0.05) is 5.69 Å². The van der Waals surface area contributed by atoms with Crippen molar-refractivity contribution in [3.8, 4) is 0 Å². The van der Waals surface area contributed by atoms with Crippen LogP contribution < -0.4 is 5.32 Å². The van der Waals surface area contributed by atoms with Crippen molar-refractivity contribution in [2.24, 2.45) is 5.92 Å². The molecule has 0 heterocycles. The van der Waals surface area contributed by atoms with Crippen LogP contribution in [0.3, 0.4) is 0 Å². The van der Waals surface area contributed by atoms with E-state index in [0.717, 1.165) is 24.1 Å². The van der Waals surface area contributed by atoms with Gasteiger partial charge in [0.15, 0.2) is 0 Å².